The van der Waals surface area contributed by atoms with Crippen LogP contribution in [0.1, 0.15) is 19.3 Å². The van der Waals surface area contributed by atoms with Crippen LogP contribution in [0.3, 0.4) is 0 Å². The van der Waals surface area contributed by atoms with Crippen LogP contribution in [-0.2, 0) is 0 Å². The summed E-state index contributed by atoms with van der Waals surface area (Å²) in [5, 5.41) is 8.45. The van der Waals surface area contributed by atoms with Crippen LogP contribution in [0.15, 0.2) is 24.8 Å². The van der Waals surface area contributed by atoms with E-state index in [0.717, 1.165) is 12.8 Å². The molecule has 1 aliphatic carbocycles. The summed E-state index contributed by atoms with van der Waals surface area (Å²) in [6.45, 7) is 0. The van der Waals surface area contributed by atoms with Crippen molar-refractivity contribution in [3.8, 4) is 0 Å². The summed E-state index contributed by atoms with van der Waals surface area (Å²) >= 11 is 0. The third-order valence-corrected chi connectivity index (χ3v) is 1.55. The fraction of sp³-hybridized carbons (Fsp3) is 0.500. The monoisotopic (exact) mass is 152 g/mol. The highest BCUT2D eigenvalue weighted by Gasteiger charge is 2.11. The maximum atomic E-state index is 8.45. The molecule has 0 aromatic carbocycles. The number of aromatic nitrogens is 2. The maximum Gasteiger partial charge on any atom is 0.115 e. The van der Waals surface area contributed by atoms with Crippen molar-refractivity contribution in [1.82, 2.24) is 9.97 Å². The fourth-order valence-electron chi connectivity index (χ4n) is 0.640. The standard InChI is InChI=1S/C4H4N2.C4H8O/c1-2-5-4-6-3-1;5-4-2-1-3-4/h1-4H;4-5H,1-3H2. The third-order valence-electron chi connectivity index (χ3n) is 1.55. The number of aliphatic hydroxyl groups is 1. The van der Waals surface area contributed by atoms with Crippen LogP contribution < -0.4 is 0 Å². The molecule has 0 atom stereocenters. The lowest BCUT2D eigenvalue weighted by molar-refractivity contribution is 0.0950. The second kappa shape index (κ2) is 4.79. The summed E-state index contributed by atoms with van der Waals surface area (Å²) in [7, 11) is 0. The Morgan fingerprint density at radius 2 is 1.73 bits per heavy atom. The fourth-order valence-corrected chi connectivity index (χ4v) is 0.640. The van der Waals surface area contributed by atoms with Gasteiger partial charge >= 0.3 is 0 Å². The minimum atomic E-state index is 0.0648. The topological polar surface area (TPSA) is 46.0 Å². The Morgan fingerprint density at radius 3 is 1.82 bits per heavy atom. The summed E-state index contributed by atoms with van der Waals surface area (Å²) in [5.74, 6) is 0. The molecule has 0 saturated heterocycles. The van der Waals surface area contributed by atoms with Gasteiger partial charge in [-0.05, 0) is 25.3 Å². The summed E-state index contributed by atoms with van der Waals surface area (Å²) in [5.41, 5.74) is 0. The van der Waals surface area contributed by atoms with Crippen molar-refractivity contribution in [1.29, 1.82) is 0 Å². The predicted octanol–water partition coefficient (Wildman–Crippen LogP) is 1.01. The van der Waals surface area contributed by atoms with Gasteiger partial charge in [-0.15, -0.1) is 0 Å². The number of hydrogen-bond acceptors (Lipinski definition) is 3. The van der Waals surface area contributed by atoms with E-state index in [2.05, 4.69) is 9.97 Å². The van der Waals surface area contributed by atoms with Gasteiger partial charge in [-0.25, -0.2) is 9.97 Å². The molecular formula is C8H12N2O. The van der Waals surface area contributed by atoms with Gasteiger partial charge in [-0.1, -0.05) is 0 Å². The van der Waals surface area contributed by atoms with Crippen LogP contribution in [-0.4, -0.2) is 21.2 Å². The molecule has 0 radical (unpaired) electrons. The Hall–Kier alpha value is -0.960. The van der Waals surface area contributed by atoms with E-state index in [9.17, 15) is 0 Å². The molecule has 1 fully saturated rings. The average molecular weight is 152 g/mol. The second-order valence-corrected chi connectivity index (χ2v) is 2.49. The zero-order valence-electron chi connectivity index (χ0n) is 6.35. The zero-order valence-corrected chi connectivity index (χ0v) is 6.35. The van der Waals surface area contributed by atoms with Gasteiger partial charge in [0.2, 0.25) is 0 Å². The Kier molecular flexibility index (Phi) is 3.55. The lowest BCUT2D eigenvalue weighted by Crippen LogP contribution is -2.15. The van der Waals surface area contributed by atoms with E-state index in [1.165, 1.54) is 12.7 Å². The van der Waals surface area contributed by atoms with Crippen LogP contribution in [0.25, 0.3) is 0 Å². The summed E-state index contributed by atoms with van der Waals surface area (Å²) in [6, 6.07) is 1.78. The first-order valence-corrected chi connectivity index (χ1v) is 3.77. The number of rotatable bonds is 0. The second-order valence-electron chi connectivity index (χ2n) is 2.49. The Morgan fingerprint density at radius 1 is 1.18 bits per heavy atom. The van der Waals surface area contributed by atoms with Gasteiger partial charge in [-0.2, -0.15) is 0 Å². The molecular weight excluding hydrogens is 140 g/mol. The van der Waals surface area contributed by atoms with Crippen molar-refractivity contribution in [2.45, 2.75) is 25.4 Å². The van der Waals surface area contributed by atoms with Gasteiger partial charge in [0.25, 0.3) is 0 Å². The van der Waals surface area contributed by atoms with E-state index in [0.29, 0.717) is 0 Å². The summed E-state index contributed by atoms with van der Waals surface area (Å²) in [6.07, 6.45) is 8.26. The molecule has 1 N–H and O–H groups in total. The van der Waals surface area contributed by atoms with E-state index in [-0.39, 0.29) is 6.10 Å². The predicted molar refractivity (Wildman–Crippen MR) is 41.9 cm³/mol. The molecule has 3 nitrogen and oxygen atoms in total. The maximum absolute atomic E-state index is 8.45. The molecule has 11 heavy (non-hydrogen) atoms. The van der Waals surface area contributed by atoms with Crippen LogP contribution >= 0.6 is 0 Å². The van der Waals surface area contributed by atoms with Crippen molar-refractivity contribution in [2.75, 3.05) is 0 Å². The number of nitrogens with zero attached hydrogens (tertiary/aromatic N) is 2. The van der Waals surface area contributed by atoms with Gasteiger partial charge in [0.05, 0.1) is 6.10 Å². The largest absolute Gasteiger partial charge is 0.393 e. The summed E-state index contributed by atoms with van der Waals surface area (Å²) in [4.78, 5) is 7.35. The van der Waals surface area contributed by atoms with E-state index in [1.54, 1.807) is 18.5 Å². The molecule has 0 unspecified atom stereocenters. The Balaban J connectivity index is 0.000000112. The minimum Gasteiger partial charge on any atom is -0.393 e. The first kappa shape index (κ1) is 8.14. The van der Waals surface area contributed by atoms with Crippen molar-refractivity contribution in [2.24, 2.45) is 0 Å². The van der Waals surface area contributed by atoms with E-state index >= 15 is 0 Å². The Bertz CT molecular complexity index is 148. The molecule has 1 aromatic rings. The van der Waals surface area contributed by atoms with Crippen molar-refractivity contribution < 1.29 is 5.11 Å². The van der Waals surface area contributed by atoms with Crippen LogP contribution in [0.4, 0.5) is 0 Å². The number of hydrogen-bond donors (Lipinski definition) is 1. The van der Waals surface area contributed by atoms with Gasteiger partial charge < -0.3 is 5.11 Å². The highest BCUT2D eigenvalue weighted by molar-refractivity contribution is 4.74. The van der Waals surface area contributed by atoms with E-state index in [4.69, 9.17) is 5.11 Å². The molecule has 60 valence electrons. The zero-order chi connectivity index (χ0) is 7.94. The van der Waals surface area contributed by atoms with Gasteiger partial charge in [0, 0.05) is 12.4 Å². The molecule has 0 aliphatic heterocycles. The van der Waals surface area contributed by atoms with Crippen molar-refractivity contribution in [3.05, 3.63) is 24.8 Å². The van der Waals surface area contributed by atoms with Crippen LogP contribution in [0, 0.1) is 0 Å². The number of aliphatic hydroxyl groups excluding tert-OH is 1. The average Bonchev–Trinajstić information content (AvgIpc) is 2.05. The molecule has 3 heteroatoms. The van der Waals surface area contributed by atoms with Crippen LogP contribution in [0.2, 0.25) is 0 Å². The van der Waals surface area contributed by atoms with E-state index < -0.39 is 0 Å². The molecule has 1 aliphatic rings. The van der Waals surface area contributed by atoms with Gasteiger partial charge in [-0.3, -0.25) is 0 Å². The van der Waals surface area contributed by atoms with Crippen molar-refractivity contribution >= 4 is 0 Å². The molecule has 1 saturated carbocycles. The van der Waals surface area contributed by atoms with Gasteiger partial charge in [0.1, 0.15) is 6.33 Å². The lowest BCUT2D eigenvalue weighted by atomic mass is 9.97. The molecule has 1 aromatic heterocycles. The normalized spacial score (nSPS) is 16.1. The first-order chi connectivity index (χ1) is 5.39. The highest BCUT2D eigenvalue weighted by atomic mass is 16.3. The van der Waals surface area contributed by atoms with Crippen LogP contribution in [0.5, 0.6) is 0 Å². The molecule has 0 bridgehead atoms. The molecule has 1 heterocycles. The quantitative estimate of drug-likeness (QED) is 0.603. The third kappa shape index (κ3) is 3.68. The molecule has 0 spiro atoms. The van der Waals surface area contributed by atoms with Gasteiger partial charge in [0.15, 0.2) is 0 Å². The lowest BCUT2D eigenvalue weighted by Gasteiger charge is -2.17. The SMILES string of the molecule is OC1CCC1.c1cncnc1. The highest BCUT2D eigenvalue weighted by Crippen LogP contribution is 2.16. The smallest absolute Gasteiger partial charge is 0.115 e. The molecule has 2 rings (SSSR count). The first-order valence-electron chi connectivity index (χ1n) is 3.77. The van der Waals surface area contributed by atoms with E-state index in [1.807, 2.05) is 0 Å². The van der Waals surface area contributed by atoms with Crippen molar-refractivity contribution in [3.63, 3.8) is 0 Å². The Labute approximate surface area is 66.1 Å². The summed E-state index contributed by atoms with van der Waals surface area (Å²) < 4.78 is 0. The minimum absolute atomic E-state index is 0.0648. The molecule has 0 amide bonds.